The predicted octanol–water partition coefficient (Wildman–Crippen LogP) is 3.68. The highest BCUT2D eigenvalue weighted by Crippen LogP contribution is 2.50. The van der Waals surface area contributed by atoms with Crippen LogP contribution in [0.25, 0.3) is 0 Å². The second kappa shape index (κ2) is 8.09. The molecule has 0 saturated heterocycles. The van der Waals surface area contributed by atoms with Gasteiger partial charge in [-0.15, -0.1) is 0 Å². The Bertz CT molecular complexity index is 834. The number of hydrogen-bond acceptors (Lipinski definition) is 2. The molecule has 0 spiro atoms. The summed E-state index contributed by atoms with van der Waals surface area (Å²) < 4.78 is 12.9. The minimum Gasteiger partial charge on any atom is -0.350 e. The van der Waals surface area contributed by atoms with Gasteiger partial charge < -0.3 is 10.2 Å². The van der Waals surface area contributed by atoms with Crippen LogP contribution in [0.4, 0.5) is 4.39 Å². The zero-order valence-corrected chi connectivity index (χ0v) is 15.9. The molecule has 1 aliphatic rings. The minimum absolute atomic E-state index is 0.00115. The third-order valence-electron chi connectivity index (χ3n) is 4.94. The van der Waals surface area contributed by atoms with Gasteiger partial charge in [0.1, 0.15) is 5.82 Å². The molecule has 6 heteroatoms. The van der Waals surface area contributed by atoms with Gasteiger partial charge in [0.15, 0.2) is 0 Å². The molecule has 0 heterocycles. The van der Waals surface area contributed by atoms with Crippen molar-refractivity contribution >= 4 is 23.4 Å². The molecule has 1 N–H and O–H groups in total. The van der Waals surface area contributed by atoms with Crippen LogP contribution in [0.1, 0.15) is 30.9 Å². The maximum atomic E-state index is 13.1. The molecule has 0 atom stereocenters. The lowest BCUT2D eigenvalue weighted by Crippen LogP contribution is -2.45. The first kappa shape index (κ1) is 19.4. The van der Waals surface area contributed by atoms with E-state index in [2.05, 4.69) is 5.32 Å². The molecule has 0 bridgehead atoms. The first-order chi connectivity index (χ1) is 12.9. The summed E-state index contributed by atoms with van der Waals surface area (Å²) in [4.78, 5) is 27.0. The van der Waals surface area contributed by atoms with Crippen molar-refractivity contribution in [3.05, 3.63) is 70.5 Å². The van der Waals surface area contributed by atoms with Gasteiger partial charge in [-0.3, -0.25) is 9.59 Å². The van der Waals surface area contributed by atoms with Gasteiger partial charge in [-0.2, -0.15) is 0 Å². The monoisotopic (exact) mass is 388 g/mol. The molecule has 1 fully saturated rings. The Morgan fingerprint density at radius 1 is 1.19 bits per heavy atom. The van der Waals surface area contributed by atoms with Gasteiger partial charge in [0.05, 0.1) is 12.0 Å². The molecular formula is C21H22ClFN2O2. The fourth-order valence-electron chi connectivity index (χ4n) is 3.20. The van der Waals surface area contributed by atoms with E-state index in [1.54, 1.807) is 23.1 Å². The Hall–Kier alpha value is -2.40. The molecular weight excluding hydrogens is 367 g/mol. The van der Waals surface area contributed by atoms with Crippen LogP contribution in [0.5, 0.6) is 0 Å². The standard InChI is InChI=1S/C21H22ClFN2O2/c1-2-25(14-19(26)24-13-15-6-8-18(23)9-7-15)20(27)21(10-11-21)16-4-3-5-17(22)12-16/h3-9,12H,2,10-11,13-14H2,1H3,(H,24,26). The molecule has 0 aliphatic heterocycles. The van der Waals surface area contributed by atoms with Crippen molar-refractivity contribution in [3.63, 3.8) is 0 Å². The highest BCUT2D eigenvalue weighted by Gasteiger charge is 2.53. The molecule has 2 amide bonds. The summed E-state index contributed by atoms with van der Waals surface area (Å²) in [5, 5.41) is 3.39. The van der Waals surface area contributed by atoms with Gasteiger partial charge >= 0.3 is 0 Å². The number of carbonyl (C=O) groups is 2. The summed E-state index contributed by atoms with van der Waals surface area (Å²) in [6.45, 7) is 2.60. The summed E-state index contributed by atoms with van der Waals surface area (Å²) in [5.74, 6) is -0.593. The average molecular weight is 389 g/mol. The van der Waals surface area contributed by atoms with E-state index < -0.39 is 5.41 Å². The molecule has 142 valence electrons. The predicted molar refractivity (Wildman–Crippen MR) is 103 cm³/mol. The SMILES string of the molecule is CCN(CC(=O)NCc1ccc(F)cc1)C(=O)C1(c2cccc(Cl)c2)CC1. The number of likely N-dealkylation sites (N-methyl/N-ethyl adjacent to an activating group) is 1. The van der Waals surface area contributed by atoms with E-state index in [-0.39, 0.29) is 24.2 Å². The molecule has 4 nitrogen and oxygen atoms in total. The highest BCUT2D eigenvalue weighted by molar-refractivity contribution is 6.30. The van der Waals surface area contributed by atoms with Gasteiger partial charge in [0.2, 0.25) is 11.8 Å². The Balaban J connectivity index is 1.61. The van der Waals surface area contributed by atoms with Crippen molar-refractivity contribution in [1.82, 2.24) is 10.2 Å². The molecule has 2 aromatic carbocycles. The van der Waals surface area contributed by atoms with E-state index in [0.29, 0.717) is 18.1 Å². The maximum Gasteiger partial charge on any atom is 0.239 e. The van der Waals surface area contributed by atoms with Crippen LogP contribution in [0, 0.1) is 5.82 Å². The number of rotatable bonds is 7. The van der Waals surface area contributed by atoms with Crippen LogP contribution < -0.4 is 5.32 Å². The highest BCUT2D eigenvalue weighted by atomic mass is 35.5. The smallest absolute Gasteiger partial charge is 0.239 e. The van der Waals surface area contributed by atoms with E-state index in [4.69, 9.17) is 11.6 Å². The summed E-state index contributed by atoms with van der Waals surface area (Å²) in [6, 6.07) is 13.3. The van der Waals surface area contributed by atoms with E-state index in [0.717, 1.165) is 24.0 Å². The number of benzene rings is 2. The van der Waals surface area contributed by atoms with Crippen molar-refractivity contribution in [1.29, 1.82) is 0 Å². The number of halogens is 2. The maximum absolute atomic E-state index is 13.1. The Kier molecular flexibility index (Phi) is 5.80. The average Bonchev–Trinajstić information content (AvgIpc) is 3.47. The lowest BCUT2D eigenvalue weighted by Gasteiger charge is -2.26. The van der Waals surface area contributed by atoms with E-state index in [1.807, 2.05) is 25.1 Å². The van der Waals surface area contributed by atoms with E-state index in [1.165, 1.54) is 12.1 Å². The largest absolute Gasteiger partial charge is 0.350 e. The van der Waals surface area contributed by atoms with Gasteiger partial charge in [0.25, 0.3) is 0 Å². The zero-order chi connectivity index (χ0) is 19.4. The van der Waals surface area contributed by atoms with Gasteiger partial charge in [-0.1, -0.05) is 35.9 Å². The third kappa shape index (κ3) is 4.48. The zero-order valence-electron chi connectivity index (χ0n) is 15.2. The molecule has 27 heavy (non-hydrogen) atoms. The van der Waals surface area contributed by atoms with E-state index in [9.17, 15) is 14.0 Å². The van der Waals surface area contributed by atoms with Crippen LogP contribution in [0.2, 0.25) is 5.02 Å². The molecule has 2 aromatic rings. The summed E-state index contributed by atoms with van der Waals surface area (Å²) in [6.07, 6.45) is 1.53. The number of nitrogens with zero attached hydrogens (tertiary/aromatic N) is 1. The summed E-state index contributed by atoms with van der Waals surface area (Å²) >= 11 is 6.08. The quantitative estimate of drug-likeness (QED) is 0.786. The van der Waals surface area contributed by atoms with Crippen LogP contribution in [0.3, 0.4) is 0 Å². The molecule has 1 saturated carbocycles. The van der Waals surface area contributed by atoms with Crippen LogP contribution >= 0.6 is 11.6 Å². The number of carbonyl (C=O) groups excluding carboxylic acids is 2. The molecule has 3 rings (SSSR count). The first-order valence-electron chi connectivity index (χ1n) is 9.01. The van der Waals surface area contributed by atoms with Crippen molar-refractivity contribution in [2.75, 3.05) is 13.1 Å². The molecule has 1 aliphatic carbocycles. The van der Waals surface area contributed by atoms with Gasteiger partial charge in [0, 0.05) is 18.1 Å². The van der Waals surface area contributed by atoms with Crippen molar-refractivity contribution < 1.29 is 14.0 Å². The fraction of sp³-hybridized carbons (Fsp3) is 0.333. The molecule has 0 unspecified atom stereocenters. The van der Waals surface area contributed by atoms with Crippen LogP contribution in [-0.2, 0) is 21.5 Å². The van der Waals surface area contributed by atoms with Crippen LogP contribution in [-0.4, -0.2) is 29.8 Å². The van der Waals surface area contributed by atoms with Crippen LogP contribution in [0.15, 0.2) is 48.5 Å². The van der Waals surface area contributed by atoms with Gasteiger partial charge in [-0.05, 0) is 55.2 Å². The summed E-state index contributed by atoms with van der Waals surface area (Å²) in [7, 11) is 0. The lowest BCUT2D eigenvalue weighted by atomic mass is 9.94. The second-order valence-electron chi connectivity index (χ2n) is 6.81. The Morgan fingerprint density at radius 2 is 1.89 bits per heavy atom. The van der Waals surface area contributed by atoms with E-state index >= 15 is 0 Å². The van der Waals surface area contributed by atoms with Crippen molar-refractivity contribution in [3.8, 4) is 0 Å². The fourth-order valence-corrected chi connectivity index (χ4v) is 3.39. The Labute approximate surface area is 163 Å². The van der Waals surface area contributed by atoms with Crippen molar-refractivity contribution in [2.45, 2.75) is 31.7 Å². The summed E-state index contributed by atoms with van der Waals surface area (Å²) in [5.41, 5.74) is 1.15. The topological polar surface area (TPSA) is 49.4 Å². The third-order valence-corrected chi connectivity index (χ3v) is 5.18. The number of amides is 2. The second-order valence-corrected chi connectivity index (χ2v) is 7.25. The number of hydrogen-bond donors (Lipinski definition) is 1. The molecule has 0 aromatic heterocycles. The normalized spacial score (nSPS) is 14.5. The Morgan fingerprint density at radius 3 is 2.48 bits per heavy atom. The molecule has 0 radical (unpaired) electrons. The van der Waals surface area contributed by atoms with Crippen molar-refractivity contribution in [2.24, 2.45) is 0 Å². The number of nitrogens with one attached hydrogen (secondary N) is 1. The van der Waals surface area contributed by atoms with Gasteiger partial charge in [-0.25, -0.2) is 4.39 Å². The first-order valence-corrected chi connectivity index (χ1v) is 9.39. The lowest BCUT2D eigenvalue weighted by molar-refractivity contribution is -0.138. The minimum atomic E-state index is -0.557.